The van der Waals surface area contributed by atoms with Gasteiger partial charge in [-0.1, -0.05) is 35.9 Å². The van der Waals surface area contributed by atoms with E-state index in [1.807, 2.05) is 0 Å². The van der Waals surface area contributed by atoms with E-state index in [0.29, 0.717) is 21.4 Å². The first-order valence-electron chi connectivity index (χ1n) is 11.0. The number of rotatable bonds is 6. The van der Waals surface area contributed by atoms with E-state index in [-0.39, 0.29) is 28.6 Å². The first-order valence-corrected chi connectivity index (χ1v) is 11.4. The summed E-state index contributed by atoms with van der Waals surface area (Å²) in [7, 11) is 1.43. The number of methoxy groups -OCH3 is 1. The highest BCUT2D eigenvalue weighted by atomic mass is 35.5. The Hall–Kier alpha value is -4.45. The standard InChI is InChI=1S/C25H17ClF4N6O2/c1-38-18-7-3-5-15(9-18)19-10-20(25(28,29)30)36-23(33-19)21(26)22(34-36)24(37)32-17-11-31-35(13-17)12-14-4-2-6-16(27)8-14/h2-11,13H,12H2,1H3,(H,32,37). The minimum atomic E-state index is -4.82. The number of aromatic nitrogens is 5. The summed E-state index contributed by atoms with van der Waals surface area (Å²) in [6.45, 7) is 0.231. The first kappa shape index (κ1) is 25.2. The molecule has 0 radical (unpaired) electrons. The average Bonchev–Trinajstić information content (AvgIpc) is 3.46. The molecule has 0 bridgehead atoms. The van der Waals surface area contributed by atoms with Gasteiger partial charge in [-0.05, 0) is 35.9 Å². The third-order valence-electron chi connectivity index (χ3n) is 5.53. The molecule has 0 saturated heterocycles. The highest BCUT2D eigenvalue weighted by molar-refractivity contribution is 6.37. The second-order valence-electron chi connectivity index (χ2n) is 8.16. The number of carbonyl (C=O) groups excluding carboxylic acids is 1. The maximum absolute atomic E-state index is 14.0. The van der Waals surface area contributed by atoms with Crippen LogP contribution in [0.5, 0.6) is 5.75 Å². The fourth-order valence-electron chi connectivity index (χ4n) is 3.80. The van der Waals surface area contributed by atoms with Crippen LogP contribution in [-0.2, 0) is 12.7 Å². The van der Waals surface area contributed by atoms with Crippen LogP contribution in [0, 0.1) is 5.82 Å². The fourth-order valence-corrected chi connectivity index (χ4v) is 4.04. The summed E-state index contributed by atoms with van der Waals surface area (Å²) in [4.78, 5) is 17.2. The Labute approximate surface area is 217 Å². The SMILES string of the molecule is COc1cccc(-c2cc(C(F)(F)F)n3nc(C(=O)Nc4cnn(Cc5cccc(F)c5)c4)c(Cl)c3n2)c1. The van der Waals surface area contributed by atoms with Crippen molar-refractivity contribution in [3.63, 3.8) is 0 Å². The monoisotopic (exact) mass is 544 g/mol. The third-order valence-corrected chi connectivity index (χ3v) is 5.88. The summed E-state index contributed by atoms with van der Waals surface area (Å²) >= 11 is 6.33. The molecule has 0 saturated carbocycles. The minimum Gasteiger partial charge on any atom is -0.497 e. The number of benzene rings is 2. The van der Waals surface area contributed by atoms with Gasteiger partial charge in [-0.15, -0.1) is 0 Å². The molecule has 194 valence electrons. The van der Waals surface area contributed by atoms with Gasteiger partial charge in [-0.3, -0.25) is 9.48 Å². The van der Waals surface area contributed by atoms with E-state index in [1.54, 1.807) is 30.3 Å². The van der Waals surface area contributed by atoms with Crippen LogP contribution in [0.1, 0.15) is 21.7 Å². The molecule has 0 aliphatic rings. The summed E-state index contributed by atoms with van der Waals surface area (Å²) in [5.41, 5.74) is -0.754. The molecule has 38 heavy (non-hydrogen) atoms. The molecule has 1 amide bonds. The zero-order chi connectivity index (χ0) is 27.0. The van der Waals surface area contributed by atoms with Crippen LogP contribution in [0.2, 0.25) is 5.02 Å². The van der Waals surface area contributed by atoms with Gasteiger partial charge in [0.1, 0.15) is 16.6 Å². The number of carbonyl (C=O) groups is 1. The van der Waals surface area contributed by atoms with Crippen LogP contribution < -0.4 is 10.1 Å². The van der Waals surface area contributed by atoms with Crippen molar-refractivity contribution in [1.29, 1.82) is 0 Å². The topological polar surface area (TPSA) is 86.3 Å². The molecule has 8 nitrogen and oxygen atoms in total. The van der Waals surface area contributed by atoms with E-state index in [4.69, 9.17) is 16.3 Å². The number of amides is 1. The lowest BCUT2D eigenvalue weighted by Gasteiger charge is -2.11. The average molecular weight is 545 g/mol. The Kier molecular flexibility index (Phi) is 6.49. The van der Waals surface area contributed by atoms with Crippen LogP contribution >= 0.6 is 11.6 Å². The zero-order valence-electron chi connectivity index (χ0n) is 19.5. The number of halogens is 5. The third kappa shape index (κ3) is 5.02. The van der Waals surface area contributed by atoms with Crippen molar-refractivity contribution in [2.24, 2.45) is 0 Å². The van der Waals surface area contributed by atoms with E-state index in [9.17, 15) is 22.4 Å². The lowest BCUT2D eigenvalue weighted by Crippen LogP contribution is -2.15. The van der Waals surface area contributed by atoms with Crippen LogP contribution in [0.4, 0.5) is 23.2 Å². The lowest BCUT2D eigenvalue weighted by atomic mass is 10.1. The maximum atomic E-state index is 14.0. The minimum absolute atomic E-state index is 0.0314. The van der Waals surface area contributed by atoms with Crippen LogP contribution in [0.15, 0.2) is 67.0 Å². The highest BCUT2D eigenvalue weighted by Crippen LogP contribution is 2.35. The molecule has 2 aromatic carbocycles. The predicted molar refractivity (Wildman–Crippen MR) is 131 cm³/mol. The van der Waals surface area contributed by atoms with Crippen molar-refractivity contribution >= 4 is 28.8 Å². The molecule has 5 aromatic rings. The Morgan fingerprint density at radius 2 is 1.92 bits per heavy atom. The molecule has 3 aromatic heterocycles. The molecular formula is C25H17ClF4N6O2. The molecule has 0 atom stereocenters. The number of hydrogen-bond donors (Lipinski definition) is 1. The lowest BCUT2D eigenvalue weighted by molar-refractivity contribution is -0.142. The normalized spacial score (nSPS) is 11.6. The smallest absolute Gasteiger partial charge is 0.433 e. The molecule has 1 N–H and O–H groups in total. The highest BCUT2D eigenvalue weighted by Gasteiger charge is 2.36. The summed E-state index contributed by atoms with van der Waals surface area (Å²) in [5.74, 6) is -0.830. The van der Waals surface area contributed by atoms with Crippen molar-refractivity contribution in [2.75, 3.05) is 12.4 Å². The zero-order valence-corrected chi connectivity index (χ0v) is 20.3. The van der Waals surface area contributed by atoms with Crippen molar-refractivity contribution < 1.29 is 27.1 Å². The molecule has 0 aliphatic heterocycles. The molecule has 3 heterocycles. The van der Waals surface area contributed by atoms with Gasteiger partial charge in [0, 0.05) is 11.8 Å². The van der Waals surface area contributed by atoms with E-state index in [2.05, 4.69) is 20.5 Å². The maximum Gasteiger partial charge on any atom is 0.433 e. The fraction of sp³-hybridized carbons (Fsp3) is 0.120. The number of hydrogen-bond acceptors (Lipinski definition) is 5. The molecule has 0 aliphatic carbocycles. The quantitative estimate of drug-likeness (QED) is 0.277. The van der Waals surface area contributed by atoms with Gasteiger partial charge in [-0.2, -0.15) is 23.4 Å². The predicted octanol–water partition coefficient (Wildman–Crippen LogP) is 5.71. The van der Waals surface area contributed by atoms with Gasteiger partial charge in [0.05, 0.1) is 31.2 Å². The van der Waals surface area contributed by atoms with Gasteiger partial charge < -0.3 is 10.1 Å². The van der Waals surface area contributed by atoms with Crippen molar-refractivity contribution in [1.82, 2.24) is 24.4 Å². The number of nitrogens with zero attached hydrogens (tertiary/aromatic N) is 5. The van der Waals surface area contributed by atoms with Gasteiger partial charge >= 0.3 is 6.18 Å². The second kappa shape index (κ2) is 9.78. The van der Waals surface area contributed by atoms with Gasteiger partial charge in [0.25, 0.3) is 5.91 Å². The molecule has 0 fully saturated rings. The summed E-state index contributed by atoms with van der Waals surface area (Å²) in [5, 5.41) is 10.1. The second-order valence-corrected chi connectivity index (χ2v) is 8.54. The van der Waals surface area contributed by atoms with Crippen LogP contribution in [0.3, 0.4) is 0 Å². The Bertz CT molecular complexity index is 1660. The first-order chi connectivity index (χ1) is 18.1. The van der Waals surface area contributed by atoms with Crippen molar-refractivity contribution in [3.8, 4) is 17.0 Å². The van der Waals surface area contributed by atoms with Gasteiger partial charge in [-0.25, -0.2) is 13.9 Å². The molecular weight excluding hydrogens is 528 g/mol. The Balaban J connectivity index is 1.47. The van der Waals surface area contributed by atoms with Crippen molar-refractivity contribution in [2.45, 2.75) is 12.7 Å². The van der Waals surface area contributed by atoms with Crippen LogP contribution in [-0.4, -0.2) is 37.4 Å². The van der Waals surface area contributed by atoms with E-state index >= 15 is 0 Å². The molecule has 0 unspecified atom stereocenters. The van der Waals surface area contributed by atoms with E-state index in [1.165, 1.54) is 42.4 Å². The number of fused-ring (bicyclic) bond motifs is 1. The largest absolute Gasteiger partial charge is 0.497 e. The summed E-state index contributed by atoms with van der Waals surface area (Å²) < 4.78 is 62.4. The van der Waals surface area contributed by atoms with Gasteiger partial charge in [0.2, 0.25) is 0 Å². The van der Waals surface area contributed by atoms with E-state index < -0.39 is 29.3 Å². The number of alkyl halides is 3. The van der Waals surface area contributed by atoms with E-state index in [0.717, 1.165) is 6.07 Å². The Morgan fingerprint density at radius 3 is 2.66 bits per heavy atom. The molecule has 0 spiro atoms. The number of nitrogens with one attached hydrogen (secondary N) is 1. The van der Waals surface area contributed by atoms with Crippen molar-refractivity contribution in [3.05, 3.63) is 94.8 Å². The van der Waals surface area contributed by atoms with Crippen LogP contribution in [0.25, 0.3) is 16.9 Å². The molecule has 5 rings (SSSR count). The van der Waals surface area contributed by atoms with Gasteiger partial charge in [0.15, 0.2) is 17.0 Å². The Morgan fingerprint density at radius 1 is 1.13 bits per heavy atom. The number of anilines is 1. The molecule has 13 heteroatoms. The number of ether oxygens (including phenoxy) is 1. The summed E-state index contributed by atoms with van der Waals surface area (Å²) in [6, 6.07) is 13.1. The summed E-state index contributed by atoms with van der Waals surface area (Å²) in [6.07, 6.45) is -2.01.